The van der Waals surface area contributed by atoms with Crippen molar-refractivity contribution in [3.63, 3.8) is 0 Å². The summed E-state index contributed by atoms with van der Waals surface area (Å²) in [6.45, 7) is 10.9. The van der Waals surface area contributed by atoms with E-state index >= 15 is 0 Å². The zero-order valence-corrected chi connectivity index (χ0v) is 16.8. The largest absolute Gasteiger partial charge is 0.360 e. The molecule has 2 heterocycles. The SMILES string of the molecule is CC1=CC(C)(C)N(C(C)C)c2ccc(/C=N\Nc3ncccc3[N+](=O)[O-])cc21. The van der Waals surface area contributed by atoms with Crippen molar-refractivity contribution in [2.75, 3.05) is 10.3 Å². The molecule has 0 fully saturated rings. The number of nitrogens with one attached hydrogen (secondary N) is 1. The molecule has 7 heteroatoms. The van der Waals surface area contributed by atoms with Crippen molar-refractivity contribution < 1.29 is 4.92 Å². The smallest absolute Gasteiger partial charge is 0.313 e. The lowest BCUT2D eigenvalue weighted by Crippen LogP contribution is -2.49. The van der Waals surface area contributed by atoms with Crippen LogP contribution in [0.3, 0.4) is 0 Å². The van der Waals surface area contributed by atoms with Gasteiger partial charge in [0.2, 0.25) is 5.82 Å². The van der Waals surface area contributed by atoms with Gasteiger partial charge in [-0.1, -0.05) is 12.1 Å². The fraction of sp³-hybridized carbons (Fsp3) is 0.333. The molecule has 2 aromatic rings. The Hall–Kier alpha value is -3.22. The highest BCUT2D eigenvalue weighted by Gasteiger charge is 2.32. The number of benzene rings is 1. The van der Waals surface area contributed by atoms with Crippen LogP contribution in [0.4, 0.5) is 17.2 Å². The van der Waals surface area contributed by atoms with Crippen LogP contribution in [-0.2, 0) is 0 Å². The second-order valence-corrected chi connectivity index (χ2v) is 7.72. The number of hydrogen-bond acceptors (Lipinski definition) is 6. The Morgan fingerprint density at radius 1 is 1.32 bits per heavy atom. The molecule has 1 aromatic heterocycles. The van der Waals surface area contributed by atoms with Crippen LogP contribution in [0.15, 0.2) is 47.7 Å². The van der Waals surface area contributed by atoms with E-state index in [9.17, 15) is 10.1 Å². The first-order valence-electron chi connectivity index (χ1n) is 9.22. The predicted molar refractivity (Wildman–Crippen MR) is 114 cm³/mol. The van der Waals surface area contributed by atoms with Crippen molar-refractivity contribution in [1.29, 1.82) is 0 Å². The van der Waals surface area contributed by atoms with Crippen LogP contribution >= 0.6 is 0 Å². The van der Waals surface area contributed by atoms with Crippen molar-refractivity contribution in [2.24, 2.45) is 5.10 Å². The number of allylic oxidation sites excluding steroid dienone is 1. The first kappa shape index (κ1) is 19.5. The lowest BCUT2D eigenvalue weighted by molar-refractivity contribution is -0.384. The van der Waals surface area contributed by atoms with Gasteiger partial charge in [-0.15, -0.1) is 0 Å². The van der Waals surface area contributed by atoms with Crippen molar-refractivity contribution in [3.05, 3.63) is 63.8 Å². The van der Waals surface area contributed by atoms with Gasteiger partial charge in [0, 0.05) is 29.6 Å². The number of aromatic nitrogens is 1. The van der Waals surface area contributed by atoms with E-state index in [0.29, 0.717) is 6.04 Å². The topological polar surface area (TPSA) is 83.7 Å². The van der Waals surface area contributed by atoms with Gasteiger partial charge < -0.3 is 4.90 Å². The summed E-state index contributed by atoms with van der Waals surface area (Å²) < 4.78 is 0. The summed E-state index contributed by atoms with van der Waals surface area (Å²) in [5.74, 6) is 0.116. The molecule has 1 aromatic carbocycles. The summed E-state index contributed by atoms with van der Waals surface area (Å²) >= 11 is 0. The molecule has 28 heavy (non-hydrogen) atoms. The van der Waals surface area contributed by atoms with Gasteiger partial charge in [-0.2, -0.15) is 5.10 Å². The van der Waals surface area contributed by atoms with Crippen LogP contribution in [0, 0.1) is 10.1 Å². The molecule has 146 valence electrons. The monoisotopic (exact) mass is 379 g/mol. The third kappa shape index (κ3) is 3.74. The second-order valence-electron chi connectivity index (χ2n) is 7.72. The number of hydrogen-bond donors (Lipinski definition) is 1. The van der Waals surface area contributed by atoms with Gasteiger partial charge >= 0.3 is 5.69 Å². The van der Waals surface area contributed by atoms with E-state index in [-0.39, 0.29) is 17.0 Å². The Kier molecular flexibility index (Phi) is 5.18. The molecule has 0 saturated carbocycles. The third-order valence-corrected chi connectivity index (χ3v) is 4.78. The molecule has 0 radical (unpaired) electrons. The van der Waals surface area contributed by atoms with Crippen LogP contribution in [0.2, 0.25) is 0 Å². The molecule has 0 spiro atoms. The first-order chi connectivity index (χ1) is 13.2. The lowest BCUT2D eigenvalue weighted by atomic mass is 9.87. The van der Waals surface area contributed by atoms with Crippen molar-refractivity contribution in [3.8, 4) is 0 Å². The van der Waals surface area contributed by atoms with Gasteiger partial charge in [-0.05, 0) is 64.0 Å². The normalized spacial score (nSPS) is 15.5. The van der Waals surface area contributed by atoms with Crippen LogP contribution in [0.25, 0.3) is 5.57 Å². The molecular weight excluding hydrogens is 354 g/mol. The molecule has 0 atom stereocenters. The van der Waals surface area contributed by atoms with Gasteiger partial charge in [0.05, 0.1) is 16.7 Å². The van der Waals surface area contributed by atoms with Gasteiger partial charge in [-0.3, -0.25) is 15.5 Å². The van der Waals surface area contributed by atoms with Crippen LogP contribution in [0.1, 0.15) is 45.7 Å². The number of hydrazone groups is 1. The maximum atomic E-state index is 11.1. The molecule has 1 aliphatic rings. The average Bonchev–Trinajstić information content (AvgIpc) is 2.61. The van der Waals surface area contributed by atoms with E-state index < -0.39 is 4.92 Å². The second kappa shape index (κ2) is 7.42. The van der Waals surface area contributed by atoms with Crippen molar-refractivity contribution in [1.82, 2.24) is 4.98 Å². The number of rotatable bonds is 5. The number of nitrogens with zero attached hydrogens (tertiary/aromatic N) is 4. The maximum absolute atomic E-state index is 11.1. The fourth-order valence-electron chi connectivity index (χ4n) is 3.89. The summed E-state index contributed by atoms with van der Waals surface area (Å²) in [6.07, 6.45) is 5.41. The summed E-state index contributed by atoms with van der Waals surface area (Å²) in [5, 5.41) is 15.2. The van der Waals surface area contributed by atoms with E-state index in [1.54, 1.807) is 6.21 Å². The minimum atomic E-state index is -0.486. The van der Waals surface area contributed by atoms with Crippen molar-refractivity contribution in [2.45, 2.75) is 46.2 Å². The third-order valence-electron chi connectivity index (χ3n) is 4.78. The predicted octanol–water partition coefficient (Wildman–Crippen LogP) is 4.85. The zero-order chi connectivity index (χ0) is 20.5. The Labute approximate surface area is 164 Å². The Morgan fingerprint density at radius 2 is 2.07 bits per heavy atom. The molecule has 0 bridgehead atoms. The number of pyridine rings is 1. The summed E-state index contributed by atoms with van der Waals surface area (Å²) in [7, 11) is 0. The van der Waals surface area contributed by atoms with E-state index in [2.05, 4.69) is 73.2 Å². The molecular formula is C21H25N5O2. The number of anilines is 2. The minimum absolute atomic E-state index is 0.0552. The van der Waals surface area contributed by atoms with Gasteiger partial charge in [0.25, 0.3) is 0 Å². The molecule has 0 amide bonds. The summed E-state index contributed by atoms with van der Waals surface area (Å²) in [4.78, 5) is 17.0. The van der Waals surface area contributed by atoms with E-state index in [1.165, 1.54) is 35.2 Å². The van der Waals surface area contributed by atoms with Crippen molar-refractivity contribution >= 4 is 29.0 Å². The minimum Gasteiger partial charge on any atom is -0.360 e. The highest BCUT2D eigenvalue weighted by atomic mass is 16.6. The number of fused-ring (bicyclic) bond motifs is 1. The quantitative estimate of drug-likeness (QED) is 0.456. The molecule has 3 rings (SSSR count). The average molecular weight is 379 g/mol. The fourth-order valence-corrected chi connectivity index (χ4v) is 3.89. The lowest BCUT2D eigenvalue weighted by Gasteiger charge is -2.46. The van der Waals surface area contributed by atoms with Gasteiger partial charge in [0.1, 0.15) is 0 Å². The summed E-state index contributed by atoms with van der Waals surface area (Å²) in [5.41, 5.74) is 6.99. The van der Waals surface area contributed by atoms with Gasteiger partial charge in [-0.25, -0.2) is 4.98 Å². The highest BCUT2D eigenvalue weighted by molar-refractivity contribution is 5.88. The van der Waals surface area contributed by atoms with Crippen LogP contribution in [0.5, 0.6) is 0 Å². The van der Waals surface area contributed by atoms with E-state index in [0.717, 1.165) is 5.56 Å². The Morgan fingerprint density at radius 3 is 2.75 bits per heavy atom. The van der Waals surface area contributed by atoms with E-state index in [1.807, 2.05) is 6.07 Å². The first-order valence-corrected chi connectivity index (χ1v) is 9.22. The number of nitro groups is 1. The molecule has 7 nitrogen and oxygen atoms in total. The van der Waals surface area contributed by atoms with Crippen LogP contribution in [-0.4, -0.2) is 27.7 Å². The Balaban J connectivity index is 1.88. The maximum Gasteiger partial charge on any atom is 0.313 e. The standard InChI is InChI=1S/C21H25N5O2/c1-14(2)25-18-9-8-16(11-17(18)15(3)12-21(25,4)5)13-23-24-20-19(26(27)28)7-6-10-22-20/h6-14H,1-5H3,(H,22,24)/b23-13-. The molecule has 1 aliphatic heterocycles. The molecule has 0 aliphatic carbocycles. The van der Waals surface area contributed by atoms with Gasteiger partial charge in [0.15, 0.2) is 0 Å². The van der Waals surface area contributed by atoms with E-state index in [4.69, 9.17) is 0 Å². The summed E-state index contributed by atoms with van der Waals surface area (Å²) in [6, 6.07) is 9.47. The zero-order valence-electron chi connectivity index (χ0n) is 16.8. The van der Waals surface area contributed by atoms with Crippen LogP contribution < -0.4 is 10.3 Å². The highest BCUT2D eigenvalue weighted by Crippen LogP contribution is 2.40. The molecule has 0 saturated heterocycles. The molecule has 0 unspecified atom stereocenters. The molecule has 1 N–H and O–H groups in total. The Bertz CT molecular complexity index is 963.